The molecule has 1 aliphatic heterocycles. The second kappa shape index (κ2) is 6.01. The normalized spacial score (nSPS) is 20.8. The van der Waals surface area contributed by atoms with Gasteiger partial charge in [0.25, 0.3) is 0 Å². The summed E-state index contributed by atoms with van der Waals surface area (Å²) in [6.07, 6.45) is 3.55. The van der Waals surface area contributed by atoms with E-state index in [1.54, 1.807) is 24.7 Å². The summed E-state index contributed by atoms with van der Waals surface area (Å²) in [4.78, 5) is 4.19. The first-order valence-electron chi connectivity index (χ1n) is 9.04. The lowest BCUT2D eigenvalue weighted by atomic mass is 9.85. The summed E-state index contributed by atoms with van der Waals surface area (Å²) in [6, 6.07) is 19.8. The number of aromatic nitrogens is 2. The third kappa shape index (κ3) is 2.35. The summed E-state index contributed by atoms with van der Waals surface area (Å²) in [5.74, 6) is -0.452. The average molecular weight is 369 g/mol. The molecule has 4 aromatic rings. The smallest absolute Gasteiger partial charge is 0.133 e. The molecule has 28 heavy (non-hydrogen) atoms. The fourth-order valence-electron chi connectivity index (χ4n) is 4.20. The zero-order valence-corrected chi connectivity index (χ0v) is 14.9. The molecule has 5 rings (SSSR count). The molecule has 0 radical (unpaired) electrons. The Morgan fingerprint density at radius 1 is 1.11 bits per heavy atom. The predicted molar refractivity (Wildman–Crippen MR) is 103 cm³/mol. The van der Waals surface area contributed by atoms with Crippen LogP contribution < -0.4 is 0 Å². The highest BCUT2D eigenvalue weighted by molar-refractivity contribution is 5.83. The minimum atomic E-state index is -1.27. The molecule has 5 heteroatoms. The topological polar surface area (TPSA) is 61.8 Å². The van der Waals surface area contributed by atoms with Crippen LogP contribution in [0.2, 0.25) is 0 Å². The molecule has 3 aromatic carbocycles. The third-order valence-corrected chi connectivity index (χ3v) is 5.63. The zero-order valence-electron chi connectivity index (χ0n) is 14.9. The number of nitrogens with zero attached hydrogens (tertiary/aromatic N) is 3. The third-order valence-electron chi connectivity index (χ3n) is 5.63. The quantitative estimate of drug-likeness (QED) is 0.574. The Bertz CT molecular complexity index is 1260. The van der Waals surface area contributed by atoms with E-state index in [1.165, 1.54) is 6.07 Å². The molecule has 136 valence electrons. The summed E-state index contributed by atoms with van der Waals surface area (Å²) in [6.45, 7) is 0. The molecule has 2 atom stereocenters. The van der Waals surface area contributed by atoms with Crippen molar-refractivity contribution in [1.29, 1.82) is 5.26 Å². The van der Waals surface area contributed by atoms with Crippen molar-refractivity contribution in [3.8, 4) is 6.07 Å². The maximum atomic E-state index is 14.7. The predicted octanol–water partition coefficient (Wildman–Crippen LogP) is 4.28. The molecule has 1 aliphatic rings. The van der Waals surface area contributed by atoms with Crippen molar-refractivity contribution >= 4 is 10.8 Å². The Labute approximate surface area is 161 Å². The molecule has 0 bridgehead atoms. The van der Waals surface area contributed by atoms with E-state index in [0.29, 0.717) is 17.7 Å². The second-order valence-corrected chi connectivity index (χ2v) is 7.18. The van der Waals surface area contributed by atoms with Crippen LogP contribution in [0.3, 0.4) is 0 Å². The molecular formula is C23H16FN3O. The number of fused-ring (bicyclic) bond motifs is 2. The first-order chi connectivity index (χ1) is 13.6. The maximum Gasteiger partial charge on any atom is 0.133 e. The van der Waals surface area contributed by atoms with E-state index < -0.39 is 17.5 Å². The van der Waals surface area contributed by atoms with Crippen LogP contribution in [-0.2, 0) is 5.60 Å². The maximum absolute atomic E-state index is 14.7. The molecular weight excluding hydrogens is 353 g/mol. The molecule has 0 aliphatic carbocycles. The van der Waals surface area contributed by atoms with Crippen LogP contribution in [-0.4, -0.2) is 14.7 Å². The van der Waals surface area contributed by atoms with Crippen molar-refractivity contribution in [3.63, 3.8) is 0 Å². The highest BCUT2D eigenvalue weighted by Crippen LogP contribution is 2.47. The van der Waals surface area contributed by atoms with Gasteiger partial charge in [0.15, 0.2) is 0 Å². The number of rotatable bonds is 2. The van der Waals surface area contributed by atoms with Crippen molar-refractivity contribution in [2.75, 3.05) is 0 Å². The van der Waals surface area contributed by atoms with Gasteiger partial charge in [0.2, 0.25) is 0 Å². The van der Waals surface area contributed by atoms with Crippen molar-refractivity contribution in [1.82, 2.24) is 9.55 Å². The van der Waals surface area contributed by atoms with E-state index in [9.17, 15) is 9.50 Å². The summed E-state index contributed by atoms with van der Waals surface area (Å²) in [7, 11) is 0. The monoisotopic (exact) mass is 369 g/mol. The minimum absolute atomic E-state index is 0.273. The van der Waals surface area contributed by atoms with E-state index in [1.807, 2.05) is 53.1 Å². The van der Waals surface area contributed by atoms with Gasteiger partial charge in [-0.1, -0.05) is 42.5 Å². The van der Waals surface area contributed by atoms with E-state index in [0.717, 1.165) is 16.3 Å². The Hall–Kier alpha value is -3.49. The first-order valence-corrected chi connectivity index (χ1v) is 9.04. The van der Waals surface area contributed by atoms with Crippen LogP contribution in [0, 0.1) is 17.1 Å². The molecule has 0 saturated carbocycles. The van der Waals surface area contributed by atoms with Crippen LogP contribution in [0.5, 0.6) is 0 Å². The number of benzene rings is 3. The molecule has 0 unspecified atom stereocenters. The number of hydrogen-bond acceptors (Lipinski definition) is 3. The molecule has 0 fully saturated rings. The van der Waals surface area contributed by atoms with E-state index >= 15 is 0 Å². The lowest BCUT2D eigenvalue weighted by Gasteiger charge is -2.24. The molecule has 0 amide bonds. The Morgan fingerprint density at radius 2 is 1.93 bits per heavy atom. The van der Waals surface area contributed by atoms with Gasteiger partial charge in [0.05, 0.1) is 35.9 Å². The van der Waals surface area contributed by atoms with Gasteiger partial charge in [0.1, 0.15) is 11.4 Å². The van der Waals surface area contributed by atoms with Crippen molar-refractivity contribution in [2.45, 2.75) is 18.1 Å². The summed E-state index contributed by atoms with van der Waals surface area (Å²) in [5.41, 5.74) is 0.830. The molecule has 0 saturated heterocycles. The van der Waals surface area contributed by atoms with E-state index in [2.05, 4.69) is 4.98 Å². The van der Waals surface area contributed by atoms with Crippen LogP contribution in [0.4, 0.5) is 4.39 Å². The standard InChI is InChI=1S/C23H16FN3O/c24-20-9-15(12-25)5-8-19(20)21-11-23(28,22-13-26-14-27(21)22)18-7-6-16-3-1-2-4-17(16)10-18/h1-10,13-14,21,28H,11H2/t21-,23-/m1/s1. The number of nitriles is 1. The molecule has 4 nitrogen and oxygen atoms in total. The number of halogens is 1. The van der Waals surface area contributed by atoms with Gasteiger partial charge < -0.3 is 9.67 Å². The largest absolute Gasteiger partial charge is 0.379 e. The highest BCUT2D eigenvalue weighted by Gasteiger charge is 2.45. The van der Waals surface area contributed by atoms with E-state index in [-0.39, 0.29) is 5.56 Å². The summed E-state index contributed by atoms with van der Waals surface area (Å²) in [5, 5.41) is 22.8. The van der Waals surface area contributed by atoms with Gasteiger partial charge >= 0.3 is 0 Å². The van der Waals surface area contributed by atoms with Gasteiger partial charge in [-0.2, -0.15) is 5.26 Å². The van der Waals surface area contributed by atoms with Crippen LogP contribution >= 0.6 is 0 Å². The van der Waals surface area contributed by atoms with Gasteiger partial charge in [0, 0.05) is 12.0 Å². The molecule has 1 aromatic heterocycles. The summed E-state index contributed by atoms with van der Waals surface area (Å²) < 4.78 is 16.5. The van der Waals surface area contributed by atoms with E-state index in [4.69, 9.17) is 5.26 Å². The van der Waals surface area contributed by atoms with Gasteiger partial charge in [-0.25, -0.2) is 9.37 Å². The van der Waals surface area contributed by atoms with Crippen molar-refractivity contribution < 1.29 is 9.50 Å². The lowest BCUT2D eigenvalue weighted by molar-refractivity contribution is 0.0794. The molecule has 1 N–H and O–H groups in total. The summed E-state index contributed by atoms with van der Waals surface area (Å²) >= 11 is 0. The van der Waals surface area contributed by atoms with Crippen LogP contribution in [0.15, 0.2) is 73.2 Å². The number of hydrogen-bond donors (Lipinski definition) is 1. The SMILES string of the molecule is N#Cc1ccc([C@H]2C[C@@](O)(c3ccc4ccccc4c3)c3cncn32)c(F)c1. The van der Waals surface area contributed by atoms with Crippen molar-refractivity contribution in [2.24, 2.45) is 0 Å². The Kier molecular flexibility index (Phi) is 3.58. The fourth-order valence-corrected chi connectivity index (χ4v) is 4.20. The lowest BCUT2D eigenvalue weighted by Crippen LogP contribution is -2.24. The second-order valence-electron chi connectivity index (χ2n) is 7.18. The highest BCUT2D eigenvalue weighted by atomic mass is 19.1. The van der Waals surface area contributed by atoms with Gasteiger partial charge in [-0.15, -0.1) is 0 Å². The molecule has 2 heterocycles. The molecule has 0 spiro atoms. The minimum Gasteiger partial charge on any atom is -0.379 e. The van der Waals surface area contributed by atoms with Gasteiger partial charge in [-0.3, -0.25) is 0 Å². The van der Waals surface area contributed by atoms with Crippen LogP contribution in [0.25, 0.3) is 10.8 Å². The van der Waals surface area contributed by atoms with Crippen molar-refractivity contribution in [3.05, 3.63) is 101 Å². The average Bonchev–Trinajstić information content (AvgIpc) is 3.31. The number of imidazole rings is 1. The Balaban J connectivity index is 1.63. The zero-order chi connectivity index (χ0) is 19.3. The Morgan fingerprint density at radius 3 is 2.71 bits per heavy atom. The number of aliphatic hydroxyl groups is 1. The first kappa shape index (κ1) is 16.7. The van der Waals surface area contributed by atoms with Gasteiger partial charge in [-0.05, 0) is 34.5 Å². The van der Waals surface area contributed by atoms with Crippen LogP contribution in [0.1, 0.15) is 34.8 Å². The fraction of sp³-hybridized carbons (Fsp3) is 0.130.